The van der Waals surface area contributed by atoms with Gasteiger partial charge in [-0.25, -0.2) is 0 Å². The van der Waals surface area contributed by atoms with Gasteiger partial charge in [0.2, 0.25) is 0 Å². The molecule has 0 aromatic carbocycles. The highest BCUT2D eigenvalue weighted by atomic mass is 16.4. The van der Waals surface area contributed by atoms with E-state index in [1.807, 2.05) is 0 Å². The van der Waals surface area contributed by atoms with E-state index in [1.165, 1.54) is 19.4 Å². The lowest BCUT2D eigenvalue weighted by atomic mass is 9.83. The first-order chi connectivity index (χ1) is 8.66. The zero-order valence-electron chi connectivity index (χ0n) is 11.2. The standard InChI is InChI=1S/C14H24N2O2/c1-15-7-2-3-11-9-16(8-6-12(11)15)13(14(17)18)10-4-5-10/h10-13H,2-9H2,1H3,(H,17,18). The van der Waals surface area contributed by atoms with Crippen LogP contribution in [-0.2, 0) is 4.79 Å². The Bertz CT molecular complexity index is 330. The number of aliphatic carboxylic acids is 1. The van der Waals surface area contributed by atoms with Crippen molar-refractivity contribution in [3.8, 4) is 0 Å². The van der Waals surface area contributed by atoms with Gasteiger partial charge in [0.15, 0.2) is 0 Å². The molecule has 0 amide bonds. The summed E-state index contributed by atoms with van der Waals surface area (Å²) in [5.41, 5.74) is 0. The van der Waals surface area contributed by atoms with Crippen LogP contribution in [-0.4, -0.2) is 59.6 Å². The van der Waals surface area contributed by atoms with Crippen molar-refractivity contribution < 1.29 is 9.90 Å². The minimum Gasteiger partial charge on any atom is -0.480 e. The smallest absolute Gasteiger partial charge is 0.321 e. The number of hydrogen-bond donors (Lipinski definition) is 1. The minimum absolute atomic E-state index is 0.196. The van der Waals surface area contributed by atoms with E-state index in [0.29, 0.717) is 17.9 Å². The topological polar surface area (TPSA) is 43.8 Å². The second-order valence-electron chi connectivity index (χ2n) is 6.35. The predicted octanol–water partition coefficient (Wildman–Crippen LogP) is 1.27. The van der Waals surface area contributed by atoms with Gasteiger partial charge in [-0.3, -0.25) is 9.69 Å². The van der Waals surface area contributed by atoms with E-state index in [-0.39, 0.29) is 6.04 Å². The Labute approximate surface area is 109 Å². The summed E-state index contributed by atoms with van der Waals surface area (Å²) in [4.78, 5) is 16.2. The summed E-state index contributed by atoms with van der Waals surface area (Å²) in [6.07, 6.45) is 5.93. The van der Waals surface area contributed by atoms with Crippen LogP contribution in [0.1, 0.15) is 32.1 Å². The summed E-state index contributed by atoms with van der Waals surface area (Å²) in [5, 5.41) is 9.43. The Morgan fingerprint density at radius 2 is 2.00 bits per heavy atom. The van der Waals surface area contributed by atoms with Crippen molar-refractivity contribution in [2.45, 2.75) is 44.2 Å². The fourth-order valence-corrected chi connectivity index (χ4v) is 4.00. The van der Waals surface area contributed by atoms with Crippen LogP contribution >= 0.6 is 0 Å². The quantitative estimate of drug-likeness (QED) is 0.821. The van der Waals surface area contributed by atoms with Crippen molar-refractivity contribution in [1.82, 2.24) is 9.80 Å². The van der Waals surface area contributed by atoms with E-state index in [9.17, 15) is 9.90 Å². The van der Waals surface area contributed by atoms with Gasteiger partial charge in [0, 0.05) is 19.1 Å². The summed E-state index contributed by atoms with van der Waals surface area (Å²) < 4.78 is 0. The third-order valence-corrected chi connectivity index (χ3v) is 5.09. The molecule has 2 heterocycles. The number of rotatable bonds is 3. The summed E-state index contributed by atoms with van der Waals surface area (Å²) in [6.45, 7) is 3.19. The van der Waals surface area contributed by atoms with Crippen molar-refractivity contribution in [3.63, 3.8) is 0 Å². The van der Waals surface area contributed by atoms with Crippen molar-refractivity contribution in [1.29, 1.82) is 0 Å². The van der Waals surface area contributed by atoms with Crippen LogP contribution < -0.4 is 0 Å². The van der Waals surface area contributed by atoms with Gasteiger partial charge in [-0.2, -0.15) is 0 Å². The summed E-state index contributed by atoms with van der Waals surface area (Å²) in [6, 6.07) is 0.502. The Kier molecular flexibility index (Phi) is 3.32. The second-order valence-corrected chi connectivity index (χ2v) is 6.35. The summed E-state index contributed by atoms with van der Waals surface area (Å²) in [7, 11) is 2.22. The molecule has 0 bridgehead atoms. The lowest BCUT2D eigenvalue weighted by molar-refractivity contribution is -0.145. The molecule has 1 N–H and O–H groups in total. The Morgan fingerprint density at radius 3 is 2.67 bits per heavy atom. The van der Waals surface area contributed by atoms with Crippen LogP contribution in [0.25, 0.3) is 0 Å². The highest BCUT2D eigenvalue weighted by molar-refractivity contribution is 5.74. The highest BCUT2D eigenvalue weighted by Crippen LogP contribution is 2.38. The number of fused-ring (bicyclic) bond motifs is 1. The van der Waals surface area contributed by atoms with Crippen LogP contribution in [0, 0.1) is 11.8 Å². The SMILES string of the molecule is CN1CCCC2CN(C(C(=O)O)C3CC3)CCC21. The molecule has 3 aliphatic rings. The number of piperidine rings is 2. The molecule has 2 aliphatic heterocycles. The molecule has 0 aromatic rings. The zero-order valence-corrected chi connectivity index (χ0v) is 11.2. The lowest BCUT2D eigenvalue weighted by Crippen LogP contribution is -2.56. The number of carbonyl (C=O) groups is 1. The number of carboxylic acids is 1. The number of hydrogen-bond acceptors (Lipinski definition) is 3. The van der Waals surface area contributed by atoms with E-state index in [0.717, 1.165) is 32.4 Å². The molecular formula is C14H24N2O2. The van der Waals surface area contributed by atoms with Gasteiger partial charge < -0.3 is 10.0 Å². The van der Waals surface area contributed by atoms with Gasteiger partial charge in [-0.15, -0.1) is 0 Å². The van der Waals surface area contributed by atoms with Gasteiger partial charge in [0.25, 0.3) is 0 Å². The molecule has 3 rings (SSSR count). The van der Waals surface area contributed by atoms with Crippen molar-refractivity contribution in [2.24, 2.45) is 11.8 Å². The Balaban J connectivity index is 1.67. The molecule has 0 spiro atoms. The monoisotopic (exact) mass is 252 g/mol. The van der Waals surface area contributed by atoms with Gasteiger partial charge in [0.1, 0.15) is 6.04 Å². The molecular weight excluding hydrogens is 228 g/mol. The molecule has 3 fully saturated rings. The van der Waals surface area contributed by atoms with Crippen LogP contribution in [0.4, 0.5) is 0 Å². The van der Waals surface area contributed by atoms with Crippen molar-refractivity contribution in [3.05, 3.63) is 0 Å². The van der Waals surface area contributed by atoms with Crippen LogP contribution in [0.2, 0.25) is 0 Å². The van der Waals surface area contributed by atoms with Crippen molar-refractivity contribution >= 4 is 5.97 Å². The van der Waals surface area contributed by atoms with Gasteiger partial charge in [0.05, 0.1) is 0 Å². The van der Waals surface area contributed by atoms with E-state index in [2.05, 4.69) is 16.8 Å². The van der Waals surface area contributed by atoms with E-state index < -0.39 is 5.97 Å². The van der Waals surface area contributed by atoms with E-state index in [4.69, 9.17) is 0 Å². The molecule has 0 radical (unpaired) electrons. The fraction of sp³-hybridized carbons (Fsp3) is 0.929. The molecule has 3 unspecified atom stereocenters. The maximum atomic E-state index is 11.5. The van der Waals surface area contributed by atoms with E-state index in [1.54, 1.807) is 0 Å². The summed E-state index contributed by atoms with van der Waals surface area (Å²) >= 11 is 0. The molecule has 18 heavy (non-hydrogen) atoms. The third-order valence-electron chi connectivity index (χ3n) is 5.09. The first-order valence-corrected chi connectivity index (χ1v) is 7.34. The highest BCUT2D eigenvalue weighted by Gasteiger charge is 2.44. The Hall–Kier alpha value is -0.610. The second kappa shape index (κ2) is 4.82. The van der Waals surface area contributed by atoms with Crippen LogP contribution in [0.5, 0.6) is 0 Å². The number of carboxylic acid groups (broad SMARTS) is 1. The first-order valence-electron chi connectivity index (χ1n) is 7.34. The molecule has 1 saturated carbocycles. The largest absolute Gasteiger partial charge is 0.480 e. The minimum atomic E-state index is -0.597. The van der Waals surface area contributed by atoms with Crippen molar-refractivity contribution in [2.75, 3.05) is 26.7 Å². The summed E-state index contributed by atoms with van der Waals surface area (Å²) in [5.74, 6) is 0.526. The molecule has 0 aromatic heterocycles. The van der Waals surface area contributed by atoms with Gasteiger partial charge >= 0.3 is 5.97 Å². The average molecular weight is 252 g/mol. The third kappa shape index (κ3) is 2.28. The molecule has 1 aliphatic carbocycles. The van der Waals surface area contributed by atoms with Gasteiger partial charge in [-0.1, -0.05) is 0 Å². The lowest BCUT2D eigenvalue weighted by Gasteiger charge is -2.47. The van der Waals surface area contributed by atoms with Gasteiger partial charge in [-0.05, 0) is 57.5 Å². The van der Waals surface area contributed by atoms with E-state index >= 15 is 0 Å². The van der Waals surface area contributed by atoms with Crippen LogP contribution in [0.3, 0.4) is 0 Å². The maximum absolute atomic E-state index is 11.5. The normalized spacial score (nSPS) is 36.1. The molecule has 3 atom stereocenters. The molecule has 4 nitrogen and oxygen atoms in total. The zero-order chi connectivity index (χ0) is 12.7. The fourth-order valence-electron chi connectivity index (χ4n) is 4.00. The average Bonchev–Trinajstić information content (AvgIpc) is 3.13. The number of likely N-dealkylation sites (tertiary alicyclic amines) is 2. The Morgan fingerprint density at radius 1 is 1.22 bits per heavy atom. The maximum Gasteiger partial charge on any atom is 0.321 e. The molecule has 2 saturated heterocycles. The molecule has 102 valence electrons. The van der Waals surface area contributed by atoms with Crippen LogP contribution in [0.15, 0.2) is 0 Å². The first kappa shape index (κ1) is 12.4. The predicted molar refractivity (Wildman–Crippen MR) is 69.5 cm³/mol. The molecule has 4 heteroatoms. The number of nitrogens with zero attached hydrogens (tertiary/aromatic N) is 2.